The van der Waals surface area contributed by atoms with Crippen molar-refractivity contribution >= 4 is 21.8 Å². The van der Waals surface area contributed by atoms with Gasteiger partial charge >= 0.3 is 0 Å². The van der Waals surface area contributed by atoms with Crippen molar-refractivity contribution in [1.82, 2.24) is 4.31 Å². The molecular weight excluding hydrogens is 338 g/mol. The number of rotatable bonds is 3. The Morgan fingerprint density at radius 3 is 2.42 bits per heavy atom. The van der Waals surface area contributed by atoms with Crippen LogP contribution < -0.4 is 0 Å². The maximum atomic E-state index is 12.9. The van der Waals surface area contributed by atoms with Crippen molar-refractivity contribution in [3.8, 4) is 0 Å². The zero-order chi connectivity index (χ0) is 17.2. The van der Waals surface area contributed by atoms with Gasteiger partial charge in [-0.05, 0) is 43.5 Å². The van der Waals surface area contributed by atoms with Gasteiger partial charge in [0.2, 0.25) is 10.0 Å². The maximum absolute atomic E-state index is 12.9. The van der Waals surface area contributed by atoms with Crippen LogP contribution >= 0.6 is 11.8 Å². The lowest BCUT2D eigenvalue weighted by Gasteiger charge is -2.20. The van der Waals surface area contributed by atoms with Crippen molar-refractivity contribution in [3.63, 3.8) is 0 Å². The summed E-state index contributed by atoms with van der Waals surface area (Å²) in [6.45, 7) is 5.23. The molecule has 3 rings (SSSR count). The third-order valence-electron chi connectivity index (χ3n) is 4.49. The molecule has 1 unspecified atom stereocenters. The lowest BCUT2D eigenvalue weighted by molar-refractivity contribution is 0.428. The van der Waals surface area contributed by atoms with E-state index in [1.807, 2.05) is 36.9 Å². The average molecular weight is 362 g/mol. The summed E-state index contributed by atoms with van der Waals surface area (Å²) in [6, 6.07) is 15.5. The first-order valence-corrected chi connectivity index (χ1v) is 10.7. The minimum absolute atomic E-state index is 0.365. The van der Waals surface area contributed by atoms with Crippen LogP contribution in [0.3, 0.4) is 0 Å². The number of hydrogen-bond donors (Lipinski definition) is 0. The van der Waals surface area contributed by atoms with Crippen molar-refractivity contribution in [2.45, 2.75) is 30.4 Å². The van der Waals surface area contributed by atoms with Crippen molar-refractivity contribution < 1.29 is 8.42 Å². The SMILES string of the molecule is Cc1ccc(S(=O)(=O)N2CCSC(c3ccccc3C)CC2)cc1. The van der Waals surface area contributed by atoms with E-state index in [0.717, 1.165) is 17.7 Å². The molecule has 0 aliphatic carbocycles. The van der Waals surface area contributed by atoms with Gasteiger partial charge in [-0.2, -0.15) is 16.1 Å². The molecule has 2 aromatic carbocycles. The zero-order valence-electron chi connectivity index (χ0n) is 14.1. The molecular formula is C19H23NO2S2. The van der Waals surface area contributed by atoms with Gasteiger partial charge in [-0.1, -0.05) is 42.0 Å². The van der Waals surface area contributed by atoms with Gasteiger partial charge in [-0.15, -0.1) is 0 Å². The molecule has 0 saturated carbocycles. The summed E-state index contributed by atoms with van der Waals surface area (Å²) in [5.74, 6) is 0.824. The summed E-state index contributed by atoms with van der Waals surface area (Å²) in [4.78, 5) is 0.396. The number of benzene rings is 2. The van der Waals surface area contributed by atoms with Crippen molar-refractivity contribution in [3.05, 3.63) is 65.2 Å². The maximum Gasteiger partial charge on any atom is 0.243 e. The number of thioether (sulfide) groups is 1. The monoisotopic (exact) mass is 361 g/mol. The standard InChI is InChI=1S/C19H23NO2S2/c1-15-7-9-17(10-8-15)24(21,22)20-12-11-19(23-14-13-20)18-6-4-3-5-16(18)2/h3-10,19H,11-14H2,1-2H3. The van der Waals surface area contributed by atoms with E-state index in [1.165, 1.54) is 11.1 Å². The van der Waals surface area contributed by atoms with Crippen LogP contribution in [0.5, 0.6) is 0 Å². The second-order valence-electron chi connectivity index (χ2n) is 6.22. The molecule has 0 aromatic heterocycles. The first-order chi connectivity index (χ1) is 11.5. The average Bonchev–Trinajstić information content (AvgIpc) is 2.82. The molecule has 1 atom stereocenters. The molecule has 5 heteroatoms. The highest BCUT2D eigenvalue weighted by atomic mass is 32.2. The Bertz CT molecular complexity index is 800. The van der Waals surface area contributed by atoms with E-state index in [2.05, 4.69) is 25.1 Å². The van der Waals surface area contributed by atoms with Gasteiger partial charge in [0.1, 0.15) is 0 Å². The Kier molecular flexibility index (Phi) is 5.33. The molecule has 0 spiro atoms. The van der Waals surface area contributed by atoms with Gasteiger partial charge in [-0.3, -0.25) is 0 Å². The van der Waals surface area contributed by atoms with E-state index in [0.29, 0.717) is 23.2 Å². The fraction of sp³-hybridized carbons (Fsp3) is 0.368. The smallest absolute Gasteiger partial charge is 0.207 e. The molecule has 3 nitrogen and oxygen atoms in total. The second-order valence-corrected chi connectivity index (χ2v) is 9.47. The number of hydrogen-bond acceptors (Lipinski definition) is 3. The molecule has 128 valence electrons. The summed E-state index contributed by atoms with van der Waals surface area (Å²) < 4.78 is 27.4. The largest absolute Gasteiger partial charge is 0.243 e. The van der Waals surface area contributed by atoms with E-state index < -0.39 is 10.0 Å². The first-order valence-electron chi connectivity index (χ1n) is 8.22. The Balaban J connectivity index is 1.78. The van der Waals surface area contributed by atoms with Crippen molar-refractivity contribution in [1.29, 1.82) is 0 Å². The summed E-state index contributed by atoms with van der Waals surface area (Å²) in [5, 5.41) is 0.365. The molecule has 24 heavy (non-hydrogen) atoms. The fourth-order valence-corrected chi connectivity index (χ4v) is 5.94. The van der Waals surface area contributed by atoms with Crippen molar-refractivity contribution in [2.75, 3.05) is 18.8 Å². The first kappa shape index (κ1) is 17.5. The highest BCUT2D eigenvalue weighted by molar-refractivity contribution is 7.99. The van der Waals surface area contributed by atoms with Gasteiger partial charge in [0.05, 0.1) is 4.90 Å². The molecule has 0 radical (unpaired) electrons. The second kappa shape index (κ2) is 7.30. The van der Waals surface area contributed by atoms with Gasteiger partial charge in [0, 0.05) is 24.1 Å². The molecule has 1 fully saturated rings. The van der Waals surface area contributed by atoms with Crippen LogP contribution in [0.4, 0.5) is 0 Å². The van der Waals surface area contributed by atoms with Crippen LogP contribution in [0, 0.1) is 13.8 Å². The van der Waals surface area contributed by atoms with Crippen LogP contribution in [0.25, 0.3) is 0 Å². The van der Waals surface area contributed by atoms with Crippen LogP contribution in [0.15, 0.2) is 53.4 Å². The number of nitrogens with zero attached hydrogens (tertiary/aromatic N) is 1. The van der Waals surface area contributed by atoms with Crippen LogP contribution in [-0.2, 0) is 10.0 Å². The topological polar surface area (TPSA) is 37.4 Å². The summed E-state index contributed by atoms with van der Waals surface area (Å²) in [7, 11) is -3.40. The predicted octanol–water partition coefficient (Wildman–Crippen LogP) is 4.17. The zero-order valence-corrected chi connectivity index (χ0v) is 15.7. The number of sulfonamides is 1. The van der Waals surface area contributed by atoms with E-state index in [4.69, 9.17) is 0 Å². The molecule has 1 aliphatic heterocycles. The van der Waals surface area contributed by atoms with Crippen molar-refractivity contribution in [2.24, 2.45) is 0 Å². The Hall–Kier alpha value is -1.30. The van der Waals surface area contributed by atoms with Gasteiger partial charge in [-0.25, -0.2) is 8.42 Å². The van der Waals surface area contributed by atoms with Crippen LogP contribution in [0.2, 0.25) is 0 Å². The lowest BCUT2D eigenvalue weighted by Crippen LogP contribution is -2.33. The highest BCUT2D eigenvalue weighted by Crippen LogP contribution is 2.36. The lowest BCUT2D eigenvalue weighted by atomic mass is 10.0. The molecule has 0 bridgehead atoms. The summed E-state index contributed by atoms with van der Waals surface area (Å²) in [5.41, 5.74) is 3.68. The third kappa shape index (κ3) is 3.68. The molecule has 0 N–H and O–H groups in total. The molecule has 1 aliphatic rings. The Morgan fingerprint density at radius 1 is 1.00 bits per heavy atom. The molecule has 0 amide bonds. The van der Waals surface area contributed by atoms with Crippen LogP contribution in [0.1, 0.15) is 28.4 Å². The summed E-state index contributed by atoms with van der Waals surface area (Å²) in [6.07, 6.45) is 0.848. The van der Waals surface area contributed by atoms with Crippen LogP contribution in [-0.4, -0.2) is 31.6 Å². The quantitative estimate of drug-likeness (QED) is 0.823. The predicted molar refractivity (Wildman–Crippen MR) is 101 cm³/mol. The van der Waals surface area contributed by atoms with Gasteiger partial charge in [0.15, 0.2) is 0 Å². The molecule has 1 heterocycles. The van der Waals surface area contributed by atoms with Gasteiger partial charge < -0.3 is 0 Å². The minimum Gasteiger partial charge on any atom is -0.207 e. The Labute approximate surface area is 149 Å². The third-order valence-corrected chi connectivity index (χ3v) is 7.72. The van der Waals surface area contributed by atoms with E-state index in [9.17, 15) is 8.42 Å². The Morgan fingerprint density at radius 2 is 1.71 bits per heavy atom. The molecule has 1 saturated heterocycles. The van der Waals surface area contributed by atoms with Gasteiger partial charge in [0.25, 0.3) is 0 Å². The fourth-order valence-electron chi connectivity index (χ4n) is 3.05. The summed E-state index contributed by atoms with van der Waals surface area (Å²) >= 11 is 1.86. The molecule has 2 aromatic rings. The minimum atomic E-state index is -3.40. The van der Waals surface area contributed by atoms with E-state index in [-0.39, 0.29) is 0 Å². The highest BCUT2D eigenvalue weighted by Gasteiger charge is 2.28. The van der Waals surface area contributed by atoms with E-state index >= 15 is 0 Å². The van der Waals surface area contributed by atoms with E-state index in [1.54, 1.807) is 16.4 Å². The normalized spacial score (nSPS) is 19.8. The number of aryl methyl sites for hydroxylation is 2.